The van der Waals surface area contributed by atoms with Crippen LogP contribution >= 0.6 is 0 Å². The highest BCUT2D eigenvalue weighted by molar-refractivity contribution is 5.96. The van der Waals surface area contributed by atoms with Gasteiger partial charge in [0, 0.05) is 25.2 Å². The molecular formula is C11H12FN3O4. The molecule has 1 unspecified atom stereocenters. The van der Waals surface area contributed by atoms with Gasteiger partial charge in [-0.2, -0.15) is 0 Å². The van der Waals surface area contributed by atoms with Crippen LogP contribution in [0.25, 0.3) is 0 Å². The Hall–Kier alpha value is -2.06. The minimum atomic E-state index is -0.739. The molecule has 7 nitrogen and oxygen atoms in total. The van der Waals surface area contributed by atoms with Gasteiger partial charge in [-0.1, -0.05) is 0 Å². The number of carbonyl (C=O) groups excluding carboxylic acids is 1. The van der Waals surface area contributed by atoms with Crippen LogP contribution in [-0.2, 0) is 9.53 Å². The van der Waals surface area contributed by atoms with Crippen molar-refractivity contribution < 1.29 is 18.8 Å². The summed E-state index contributed by atoms with van der Waals surface area (Å²) >= 11 is 0. The zero-order valence-electron chi connectivity index (χ0n) is 9.89. The molecule has 1 heterocycles. The summed E-state index contributed by atoms with van der Waals surface area (Å²) < 4.78 is 18.3. The minimum absolute atomic E-state index is 0.177. The number of nitro groups is 1. The Kier molecular flexibility index (Phi) is 4.03. The van der Waals surface area contributed by atoms with Crippen molar-refractivity contribution in [1.82, 2.24) is 5.32 Å². The number of rotatable bonds is 3. The van der Waals surface area contributed by atoms with Gasteiger partial charge in [-0.15, -0.1) is 0 Å². The topological polar surface area (TPSA) is 93.5 Å². The minimum Gasteiger partial charge on any atom is -0.366 e. The van der Waals surface area contributed by atoms with Crippen LogP contribution in [0.5, 0.6) is 0 Å². The Morgan fingerprint density at radius 2 is 2.37 bits per heavy atom. The summed E-state index contributed by atoms with van der Waals surface area (Å²) in [5.41, 5.74) is -0.539. The van der Waals surface area contributed by atoms with Gasteiger partial charge in [0.05, 0.1) is 11.5 Å². The number of nitro benzene ring substituents is 1. The quantitative estimate of drug-likeness (QED) is 0.621. The first-order chi connectivity index (χ1) is 9.08. The van der Waals surface area contributed by atoms with E-state index in [2.05, 4.69) is 10.6 Å². The van der Waals surface area contributed by atoms with Gasteiger partial charge in [-0.25, -0.2) is 4.39 Å². The summed E-state index contributed by atoms with van der Waals surface area (Å²) in [5.74, 6) is -1.20. The largest absolute Gasteiger partial charge is 0.366 e. The van der Waals surface area contributed by atoms with Gasteiger partial charge in [-0.05, 0) is 6.07 Å². The fourth-order valence-electron chi connectivity index (χ4n) is 1.71. The number of morpholine rings is 1. The number of halogens is 1. The molecule has 0 saturated carbocycles. The van der Waals surface area contributed by atoms with Crippen LogP contribution in [0.4, 0.5) is 15.8 Å². The summed E-state index contributed by atoms with van der Waals surface area (Å²) in [6.07, 6.45) is -0.739. The van der Waals surface area contributed by atoms with Crippen molar-refractivity contribution in [2.24, 2.45) is 0 Å². The van der Waals surface area contributed by atoms with Crippen LogP contribution in [0.1, 0.15) is 0 Å². The molecule has 1 amide bonds. The third kappa shape index (κ3) is 3.24. The van der Waals surface area contributed by atoms with Crippen LogP contribution in [-0.4, -0.2) is 36.6 Å². The Labute approximate surface area is 107 Å². The summed E-state index contributed by atoms with van der Waals surface area (Å²) in [4.78, 5) is 21.9. The van der Waals surface area contributed by atoms with E-state index in [1.165, 1.54) is 0 Å². The molecule has 8 heteroatoms. The van der Waals surface area contributed by atoms with E-state index in [9.17, 15) is 19.3 Å². The second kappa shape index (κ2) is 5.72. The van der Waals surface area contributed by atoms with Gasteiger partial charge in [0.25, 0.3) is 11.6 Å². The number of nitrogens with one attached hydrogen (secondary N) is 2. The Morgan fingerprint density at radius 1 is 1.58 bits per heavy atom. The smallest absolute Gasteiger partial charge is 0.292 e. The molecule has 102 valence electrons. The maximum Gasteiger partial charge on any atom is 0.292 e. The van der Waals surface area contributed by atoms with E-state index < -0.39 is 22.8 Å². The van der Waals surface area contributed by atoms with E-state index in [0.717, 1.165) is 18.2 Å². The molecule has 1 aromatic rings. The van der Waals surface area contributed by atoms with Gasteiger partial charge in [0.2, 0.25) is 0 Å². The standard InChI is InChI=1S/C11H12FN3O4/c12-7-1-2-9(15(17)18)8(5-7)14-11(16)10-6-13-3-4-19-10/h1-2,5,10,13H,3-4,6H2,(H,14,16). The highest BCUT2D eigenvalue weighted by Crippen LogP contribution is 2.25. The molecule has 0 radical (unpaired) electrons. The second-order valence-corrected chi connectivity index (χ2v) is 3.97. The fraction of sp³-hybridized carbons (Fsp3) is 0.364. The van der Waals surface area contributed by atoms with E-state index in [4.69, 9.17) is 4.74 Å². The van der Waals surface area contributed by atoms with Crippen LogP contribution in [0.2, 0.25) is 0 Å². The summed E-state index contributed by atoms with van der Waals surface area (Å²) in [6.45, 7) is 1.34. The normalized spacial score (nSPS) is 18.9. The molecule has 19 heavy (non-hydrogen) atoms. The van der Waals surface area contributed by atoms with Crippen LogP contribution < -0.4 is 10.6 Å². The second-order valence-electron chi connectivity index (χ2n) is 3.97. The Morgan fingerprint density at radius 3 is 3.00 bits per heavy atom. The van der Waals surface area contributed by atoms with E-state index in [-0.39, 0.29) is 11.4 Å². The summed E-state index contributed by atoms with van der Waals surface area (Å²) in [5, 5.41) is 16.1. The van der Waals surface area contributed by atoms with E-state index in [1.54, 1.807) is 0 Å². The molecule has 2 rings (SSSR count). The van der Waals surface area contributed by atoms with Crippen molar-refractivity contribution >= 4 is 17.3 Å². The number of hydrogen-bond donors (Lipinski definition) is 2. The first-order valence-electron chi connectivity index (χ1n) is 5.65. The van der Waals surface area contributed by atoms with Gasteiger partial charge in [-0.3, -0.25) is 14.9 Å². The number of carbonyl (C=O) groups is 1. The maximum atomic E-state index is 13.1. The molecule has 2 N–H and O–H groups in total. The van der Waals surface area contributed by atoms with Crippen molar-refractivity contribution in [2.45, 2.75) is 6.10 Å². The van der Waals surface area contributed by atoms with E-state index >= 15 is 0 Å². The van der Waals surface area contributed by atoms with Crippen molar-refractivity contribution in [3.05, 3.63) is 34.1 Å². The number of benzene rings is 1. The van der Waals surface area contributed by atoms with Crippen LogP contribution in [0, 0.1) is 15.9 Å². The maximum absolute atomic E-state index is 13.1. The highest BCUT2D eigenvalue weighted by Gasteiger charge is 2.24. The monoisotopic (exact) mass is 269 g/mol. The molecule has 1 fully saturated rings. The number of ether oxygens (including phenoxy) is 1. The molecule has 1 aromatic carbocycles. The van der Waals surface area contributed by atoms with Crippen molar-refractivity contribution in [3.8, 4) is 0 Å². The van der Waals surface area contributed by atoms with Crippen LogP contribution in [0.15, 0.2) is 18.2 Å². The highest BCUT2D eigenvalue weighted by atomic mass is 19.1. The van der Waals surface area contributed by atoms with E-state index in [1.807, 2.05) is 0 Å². The summed E-state index contributed by atoms with van der Waals surface area (Å²) in [7, 11) is 0. The number of amides is 1. The van der Waals surface area contributed by atoms with Gasteiger partial charge < -0.3 is 15.4 Å². The third-order valence-corrected chi connectivity index (χ3v) is 2.63. The first-order valence-corrected chi connectivity index (χ1v) is 5.65. The van der Waals surface area contributed by atoms with Gasteiger partial charge in [0.1, 0.15) is 17.6 Å². The Balaban J connectivity index is 2.15. The SMILES string of the molecule is O=C(Nc1cc(F)ccc1[N+](=O)[O-])C1CNCCO1. The zero-order chi connectivity index (χ0) is 13.8. The molecule has 0 aromatic heterocycles. The lowest BCUT2D eigenvalue weighted by atomic mass is 10.2. The Bertz CT molecular complexity index is 503. The van der Waals surface area contributed by atoms with E-state index in [0.29, 0.717) is 19.7 Å². The number of nitrogens with zero attached hydrogens (tertiary/aromatic N) is 1. The molecule has 0 aliphatic carbocycles. The molecule has 0 bridgehead atoms. The van der Waals surface area contributed by atoms with Gasteiger partial charge in [0.15, 0.2) is 0 Å². The molecule has 1 saturated heterocycles. The molecule has 1 aliphatic heterocycles. The lowest BCUT2D eigenvalue weighted by Gasteiger charge is -2.22. The first kappa shape index (κ1) is 13.4. The van der Waals surface area contributed by atoms with Crippen LogP contribution in [0.3, 0.4) is 0 Å². The molecule has 1 aliphatic rings. The summed E-state index contributed by atoms with van der Waals surface area (Å²) in [6, 6.07) is 2.88. The predicted octanol–water partition coefficient (Wildman–Crippen LogP) is 0.661. The fourth-order valence-corrected chi connectivity index (χ4v) is 1.71. The lowest BCUT2D eigenvalue weighted by Crippen LogP contribution is -2.45. The average molecular weight is 269 g/mol. The molecule has 0 spiro atoms. The third-order valence-electron chi connectivity index (χ3n) is 2.63. The van der Waals surface area contributed by atoms with Crippen molar-refractivity contribution in [2.75, 3.05) is 25.0 Å². The number of anilines is 1. The van der Waals surface area contributed by atoms with Gasteiger partial charge >= 0.3 is 0 Å². The molecule has 1 atom stereocenters. The van der Waals surface area contributed by atoms with Crippen molar-refractivity contribution in [3.63, 3.8) is 0 Å². The number of hydrogen-bond acceptors (Lipinski definition) is 5. The predicted molar refractivity (Wildman–Crippen MR) is 64.3 cm³/mol. The molecular weight excluding hydrogens is 257 g/mol. The van der Waals surface area contributed by atoms with Crippen molar-refractivity contribution in [1.29, 1.82) is 0 Å². The lowest BCUT2D eigenvalue weighted by molar-refractivity contribution is -0.384. The average Bonchev–Trinajstić information content (AvgIpc) is 2.39. The zero-order valence-corrected chi connectivity index (χ0v) is 9.89.